The Hall–Kier alpha value is -1.86. The zero-order valence-corrected chi connectivity index (χ0v) is 9.37. The van der Waals surface area contributed by atoms with Crippen LogP contribution in [0.25, 0.3) is 0 Å². The van der Waals surface area contributed by atoms with Crippen molar-refractivity contribution in [1.29, 1.82) is 0 Å². The summed E-state index contributed by atoms with van der Waals surface area (Å²) in [5.41, 5.74) is 0. The molecule has 3 rings (SSSR count). The van der Waals surface area contributed by atoms with Crippen LogP contribution in [0.5, 0.6) is 0 Å². The third-order valence-corrected chi connectivity index (χ3v) is 3.00. The van der Waals surface area contributed by atoms with E-state index in [1.807, 2.05) is 5.01 Å². The van der Waals surface area contributed by atoms with Crippen LogP contribution >= 0.6 is 0 Å². The summed E-state index contributed by atoms with van der Waals surface area (Å²) in [5.74, 6) is -0.241. The van der Waals surface area contributed by atoms with E-state index in [0.717, 1.165) is 19.5 Å². The molecule has 3 heterocycles. The van der Waals surface area contributed by atoms with Crippen molar-refractivity contribution < 1.29 is 19.1 Å². The molecule has 0 N–H and O–H groups in total. The van der Waals surface area contributed by atoms with Gasteiger partial charge in [0.25, 0.3) is 0 Å². The highest BCUT2D eigenvalue weighted by Crippen LogP contribution is 2.11. The lowest BCUT2D eigenvalue weighted by atomic mass is 10.3. The molecule has 0 unspecified atom stereocenters. The summed E-state index contributed by atoms with van der Waals surface area (Å²) < 4.78 is 5.02. The van der Waals surface area contributed by atoms with Crippen LogP contribution in [-0.2, 0) is 9.59 Å². The van der Waals surface area contributed by atoms with Gasteiger partial charge in [-0.15, -0.1) is 0 Å². The smallest absolute Gasteiger partial charge is 0.229 e. The Labute approximate surface area is 97.1 Å². The number of carbonyl (C=O) groups excluding carboxylic acids is 2. The predicted molar refractivity (Wildman–Crippen MR) is 54.7 cm³/mol. The van der Waals surface area contributed by atoms with E-state index in [0.29, 0.717) is 12.8 Å². The number of amides is 2. The molecule has 2 aliphatic heterocycles. The van der Waals surface area contributed by atoms with Crippen LogP contribution < -0.4 is 9.85 Å². The lowest BCUT2D eigenvalue weighted by Gasteiger charge is -2.25. The van der Waals surface area contributed by atoms with Gasteiger partial charge in [0.15, 0.2) is 0 Å². The molecule has 8 nitrogen and oxygen atoms in total. The lowest BCUT2D eigenvalue weighted by molar-refractivity contribution is -0.139. The Bertz CT molecular complexity index is 411. The summed E-state index contributed by atoms with van der Waals surface area (Å²) in [5, 5.41) is 3.23. The first-order valence-electron chi connectivity index (χ1n) is 5.75. The summed E-state index contributed by atoms with van der Waals surface area (Å²) in [6.45, 7) is 2.46. The Kier molecular flexibility index (Phi) is 2.34. The number of nitrogens with zero attached hydrogens (tertiary/aromatic N) is 4. The third kappa shape index (κ3) is 1.90. The topological polar surface area (TPSA) is 72.9 Å². The molecule has 0 aromatic carbocycles. The van der Waals surface area contributed by atoms with Crippen LogP contribution in [-0.4, -0.2) is 52.9 Å². The molecule has 0 aliphatic carbocycles. The van der Waals surface area contributed by atoms with Gasteiger partial charge in [-0.3, -0.25) is 19.5 Å². The first kappa shape index (κ1) is 10.3. The summed E-state index contributed by atoms with van der Waals surface area (Å²) in [6, 6.07) is 0. The maximum absolute atomic E-state index is 11.3. The molecule has 8 heteroatoms. The van der Waals surface area contributed by atoms with Crippen LogP contribution in [0.2, 0.25) is 0 Å². The van der Waals surface area contributed by atoms with Gasteiger partial charge in [0, 0.05) is 30.9 Å². The number of likely N-dealkylation sites (tertiary alicyclic amines) is 1. The second-order valence-corrected chi connectivity index (χ2v) is 4.15. The molecule has 94 valence electrons. The Balaban J connectivity index is 1.41. The zero-order valence-electron chi connectivity index (χ0n) is 9.37. The van der Waals surface area contributed by atoms with Crippen molar-refractivity contribution in [2.24, 2.45) is 0 Å². The van der Waals surface area contributed by atoms with Gasteiger partial charge in [-0.1, -0.05) is 0 Å². The highest BCUT2D eigenvalue weighted by atomic mass is 17.0. The number of hydrogen-bond donors (Lipinski definition) is 0. The average molecular weight is 242 g/mol. The number of carbonyl (C=O) groups is 2. The molecule has 2 fully saturated rings. The monoisotopic (exact) mass is 242 g/mol. The summed E-state index contributed by atoms with van der Waals surface area (Å²) >= 11 is 0. The molecule has 0 bridgehead atoms. The molecular formula is C9H14N4O4. The van der Waals surface area contributed by atoms with Gasteiger partial charge in [0.2, 0.25) is 11.8 Å². The molecule has 0 atom stereocenters. The minimum absolute atomic E-state index is 0.120. The largest absolute Gasteiger partial charge is 0.364 e. The maximum Gasteiger partial charge on any atom is 0.229 e. The Morgan fingerprint density at radius 3 is 2.47 bits per heavy atom. The molecule has 0 radical (unpaired) electrons. The van der Waals surface area contributed by atoms with Crippen molar-refractivity contribution in [1.82, 2.24) is 14.9 Å². The zero-order chi connectivity index (χ0) is 11.8. The van der Waals surface area contributed by atoms with E-state index in [1.54, 1.807) is 0 Å². The first-order chi connectivity index (χ1) is 8.25. The van der Waals surface area contributed by atoms with Crippen molar-refractivity contribution in [3.63, 3.8) is 0 Å². The molecule has 2 saturated heterocycles. The number of imide groups is 1. The van der Waals surface area contributed by atoms with Crippen LogP contribution in [0.3, 0.4) is 0 Å². The fourth-order valence-corrected chi connectivity index (χ4v) is 1.83. The molecule has 0 spiro atoms. The Morgan fingerprint density at radius 2 is 1.88 bits per heavy atom. The van der Waals surface area contributed by atoms with Crippen molar-refractivity contribution in [3.8, 4) is 0 Å². The van der Waals surface area contributed by atoms with Crippen molar-refractivity contribution >= 4 is 11.8 Å². The average Bonchev–Trinajstić information content (AvgIpc) is 2.90. The highest BCUT2D eigenvalue weighted by Gasteiger charge is 2.29. The fourth-order valence-electron chi connectivity index (χ4n) is 1.83. The lowest BCUT2D eigenvalue weighted by Crippen LogP contribution is -2.44. The SMILES string of the molecule is O=C1CCC(=O)N1CCOn1on1N1CCC1. The predicted octanol–water partition coefficient (Wildman–Crippen LogP) is -1.20. The van der Waals surface area contributed by atoms with Gasteiger partial charge < -0.3 is 4.84 Å². The second-order valence-electron chi connectivity index (χ2n) is 4.15. The van der Waals surface area contributed by atoms with Gasteiger partial charge in [0.05, 0.1) is 6.54 Å². The van der Waals surface area contributed by atoms with Gasteiger partial charge in [-0.05, 0) is 6.42 Å². The number of aromatic nitrogens is 2. The molecule has 17 heavy (non-hydrogen) atoms. The van der Waals surface area contributed by atoms with Crippen LogP contribution in [0.4, 0.5) is 0 Å². The molecule has 1 aromatic rings. The molecule has 2 amide bonds. The van der Waals surface area contributed by atoms with E-state index < -0.39 is 0 Å². The second kappa shape index (κ2) is 3.86. The van der Waals surface area contributed by atoms with E-state index in [-0.39, 0.29) is 25.0 Å². The quantitative estimate of drug-likeness (QED) is 0.606. The normalized spacial score (nSPS) is 20.2. The fraction of sp³-hybridized carbons (Fsp3) is 0.778. The van der Waals surface area contributed by atoms with Crippen LogP contribution in [0.15, 0.2) is 4.63 Å². The molecule has 0 saturated carbocycles. The van der Waals surface area contributed by atoms with E-state index in [2.05, 4.69) is 0 Å². The van der Waals surface area contributed by atoms with Gasteiger partial charge in [-0.25, -0.2) is 0 Å². The maximum atomic E-state index is 11.3. The van der Waals surface area contributed by atoms with E-state index in [9.17, 15) is 9.59 Å². The minimum atomic E-state index is -0.120. The summed E-state index contributed by atoms with van der Waals surface area (Å²) in [7, 11) is 0. The Morgan fingerprint density at radius 1 is 1.18 bits per heavy atom. The molecular weight excluding hydrogens is 228 g/mol. The van der Waals surface area contributed by atoms with Gasteiger partial charge >= 0.3 is 0 Å². The van der Waals surface area contributed by atoms with Crippen molar-refractivity contribution in [2.75, 3.05) is 31.3 Å². The standard InChI is InChI=1S/C9H14N4O4/c14-8-2-3-9(15)11(8)6-7-16-13-12(17-13)10-4-1-5-10/h1-7H2. The molecule has 2 aliphatic rings. The van der Waals surface area contributed by atoms with E-state index >= 15 is 0 Å². The third-order valence-electron chi connectivity index (χ3n) is 3.00. The van der Waals surface area contributed by atoms with Crippen LogP contribution in [0, 0.1) is 0 Å². The summed E-state index contributed by atoms with van der Waals surface area (Å²) in [6.07, 6.45) is 1.79. The first-order valence-corrected chi connectivity index (χ1v) is 5.75. The van der Waals surface area contributed by atoms with Gasteiger partial charge in [-0.2, -0.15) is 4.63 Å². The number of hydrogen-bond acceptors (Lipinski definition) is 5. The van der Waals surface area contributed by atoms with E-state index in [1.165, 1.54) is 14.9 Å². The van der Waals surface area contributed by atoms with Crippen molar-refractivity contribution in [3.05, 3.63) is 0 Å². The highest BCUT2D eigenvalue weighted by molar-refractivity contribution is 6.01. The van der Waals surface area contributed by atoms with Gasteiger partial charge in [0.1, 0.15) is 11.6 Å². The summed E-state index contributed by atoms with van der Waals surface area (Å²) in [4.78, 5) is 30.6. The van der Waals surface area contributed by atoms with Crippen LogP contribution in [0.1, 0.15) is 19.3 Å². The number of rotatable bonds is 5. The van der Waals surface area contributed by atoms with Crippen molar-refractivity contribution in [2.45, 2.75) is 19.3 Å². The minimum Gasteiger partial charge on any atom is -0.364 e. The molecule has 1 aromatic heterocycles. The van der Waals surface area contributed by atoms with E-state index in [4.69, 9.17) is 9.47 Å².